The first-order valence-corrected chi connectivity index (χ1v) is 14.0. The van der Waals surface area contributed by atoms with E-state index in [2.05, 4.69) is 25.8 Å². The van der Waals surface area contributed by atoms with Crippen LogP contribution >= 0.6 is 0 Å². The molecule has 1 aromatic carbocycles. The van der Waals surface area contributed by atoms with Crippen molar-refractivity contribution in [3.63, 3.8) is 0 Å². The second-order valence-corrected chi connectivity index (χ2v) is 10.8. The van der Waals surface area contributed by atoms with Gasteiger partial charge in [-0.3, -0.25) is 23.8 Å². The van der Waals surface area contributed by atoms with Crippen molar-refractivity contribution in [2.24, 2.45) is 0 Å². The second-order valence-electron chi connectivity index (χ2n) is 10.8. The van der Waals surface area contributed by atoms with E-state index in [1.807, 2.05) is 0 Å². The summed E-state index contributed by atoms with van der Waals surface area (Å²) in [5.74, 6) is -0.950. The van der Waals surface area contributed by atoms with Crippen LogP contribution in [0.4, 0.5) is 15.9 Å². The van der Waals surface area contributed by atoms with Crippen molar-refractivity contribution in [2.75, 3.05) is 17.2 Å². The Morgan fingerprint density at radius 2 is 1.93 bits per heavy atom. The van der Waals surface area contributed by atoms with E-state index in [1.165, 1.54) is 33.7 Å². The Hall–Kier alpha value is -4.52. The Bertz CT molecular complexity index is 1720. The monoisotopic (exact) mass is 579 g/mol. The van der Waals surface area contributed by atoms with Crippen molar-refractivity contribution in [1.82, 2.24) is 24.3 Å². The SMILES string of the molecule is CC(C)n1cc(C(=O)Nc2ccc(Oc3ccnc4[nH]nc(N[C@H](C)CO)c34)c(F)c2)c(=O)n(C2CCCCC2)c1=O. The standard InChI is InChI=1S/C29H34FN7O5/c1-16(2)36-14-20(28(40)37(29(36)41)19-7-5-4-6-8-19)27(39)33-18-9-10-22(21(30)13-18)42-23-11-12-31-25-24(23)26(35-34-25)32-17(3)15-38/h9-14,16-17,19,38H,4-8,15H2,1-3H3,(H,33,39)(H2,31,32,34,35)/t17-/m1/s1. The van der Waals surface area contributed by atoms with Crippen LogP contribution in [-0.4, -0.2) is 48.0 Å². The van der Waals surface area contributed by atoms with E-state index in [4.69, 9.17) is 4.74 Å². The van der Waals surface area contributed by atoms with Gasteiger partial charge in [0.15, 0.2) is 23.0 Å². The fourth-order valence-electron chi connectivity index (χ4n) is 5.15. The summed E-state index contributed by atoms with van der Waals surface area (Å²) in [6, 6.07) is 4.63. The van der Waals surface area contributed by atoms with E-state index < -0.39 is 23.0 Å². The number of aliphatic hydroxyl groups is 1. The maximum atomic E-state index is 15.2. The number of nitrogens with one attached hydrogen (secondary N) is 3. The lowest BCUT2D eigenvalue weighted by Gasteiger charge is -2.25. The quantitative estimate of drug-likeness (QED) is 0.228. The lowest BCUT2D eigenvalue weighted by atomic mass is 9.95. The van der Waals surface area contributed by atoms with E-state index in [0.717, 1.165) is 25.3 Å². The third-order valence-corrected chi connectivity index (χ3v) is 7.37. The zero-order chi connectivity index (χ0) is 30.0. The zero-order valence-corrected chi connectivity index (χ0v) is 23.7. The van der Waals surface area contributed by atoms with E-state index in [-0.39, 0.29) is 47.5 Å². The molecule has 12 nitrogen and oxygen atoms in total. The van der Waals surface area contributed by atoms with Crippen LogP contribution < -0.4 is 26.6 Å². The number of amides is 1. The molecule has 1 amide bonds. The number of halogens is 1. The maximum Gasteiger partial charge on any atom is 0.331 e. The summed E-state index contributed by atoms with van der Waals surface area (Å²) in [6.45, 7) is 5.25. The number of carbonyl (C=O) groups excluding carboxylic acids is 1. The van der Waals surface area contributed by atoms with Gasteiger partial charge in [0, 0.05) is 48.3 Å². The number of aliphatic hydroxyl groups excluding tert-OH is 1. The third-order valence-electron chi connectivity index (χ3n) is 7.37. The average Bonchev–Trinajstić information content (AvgIpc) is 3.38. The molecule has 13 heteroatoms. The highest BCUT2D eigenvalue weighted by atomic mass is 19.1. The van der Waals surface area contributed by atoms with Crippen molar-refractivity contribution in [3.05, 3.63) is 68.9 Å². The first-order valence-electron chi connectivity index (χ1n) is 14.0. The van der Waals surface area contributed by atoms with Gasteiger partial charge in [0.2, 0.25) is 0 Å². The van der Waals surface area contributed by atoms with Gasteiger partial charge < -0.3 is 20.5 Å². The number of fused-ring (bicyclic) bond motifs is 1. The summed E-state index contributed by atoms with van der Waals surface area (Å²) in [4.78, 5) is 44.0. The molecule has 0 spiro atoms. The summed E-state index contributed by atoms with van der Waals surface area (Å²) in [5, 5.41) is 22.4. The first-order chi connectivity index (χ1) is 20.2. The molecule has 222 valence electrons. The van der Waals surface area contributed by atoms with Gasteiger partial charge in [-0.05, 0) is 45.7 Å². The molecule has 3 aromatic heterocycles. The molecule has 3 heterocycles. The van der Waals surface area contributed by atoms with Crippen LogP contribution in [0.15, 0.2) is 46.2 Å². The van der Waals surface area contributed by atoms with Gasteiger partial charge in [-0.2, -0.15) is 5.10 Å². The van der Waals surface area contributed by atoms with Crippen LogP contribution in [0, 0.1) is 5.82 Å². The minimum atomic E-state index is -0.758. The molecule has 42 heavy (non-hydrogen) atoms. The molecule has 1 aliphatic carbocycles. The van der Waals surface area contributed by atoms with Crippen LogP contribution in [0.5, 0.6) is 11.5 Å². The Morgan fingerprint density at radius 1 is 1.17 bits per heavy atom. The molecule has 5 rings (SSSR count). The number of aromatic nitrogens is 5. The van der Waals surface area contributed by atoms with Crippen molar-refractivity contribution >= 4 is 28.4 Å². The van der Waals surface area contributed by atoms with Gasteiger partial charge in [0.05, 0.1) is 6.61 Å². The molecule has 1 fully saturated rings. The van der Waals surface area contributed by atoms with Crippen molar-refractivity contribution < 1.29 is 19.0 Å². The van der Waals surface area contributed by atoms with Crippen LogP contribution in [0.2, 0.25) is 0 Å². The third kappa shape index (κ3) is 5.77. The molecule has 0 bridgehead atoms. The molecular formula is C29H34FN7O5. The number of ether oxygens (including phenoxy) is 1. The van der Waals surface area contributed by atoms with Gasteiger partial charge in [0.1, 0.15) is 16.7 Å². The highest BCUT2D eigenvalue weighted by Crippen LogP contribution is 2.34. The number of hydrogen-bond donors (Lipinski definition) is 4. The molecular weight excluding hydrogens is 545 g/mol. The predicted octanol–water partition coefficient (Wildman–Crippen LogP) is 4.34. The van der Waals surface area contributed by atoms with Crippen LogP contribution in [0.1, 0.15) is 75.3 Å². The van der Waals surface area contributed by atoms with Crippen LogP contribution in [-0.2, 0) is 0 Å². The smallest absolute Gasteiger partial charge is 0.331 e. The fraction of sp³-hybridized carbons (Fsp3) is 0.414. The average molecular weight is 580 g/mol. The Balaban J connectivity index is 1.41. The van der Waals surface area contributed by atoms with Gasteiger partial charge in [0.25, 0.3) is 11.5 Å². The minimum absolute atomic E-state index is 0.109. The number of benzene rings is 1. The molecule has 0 saturated heterocycles. The minimum Gasteiger partial charge on any atom is -0.453 e. The highest BCUT2D eigenvalue weighted by Gasteiger charge is 2.25. The number of nitrogens with zero attached hydrogens (tertiary/aromatic N) is 4. The summed E-state index contributed by atoms with van der Waals surface area (Å²) >= 11 is 0. The Labute approximate surface area is 240 Å². The molecule has 1 atom stereocenters. The van der Waals surface area contributed by atoms with Crippen LogP contribution in [0.3, 0.4) is 0 Å². The summed E-state index contributed by atoms with van der Waals surface area (Å²) in [5.41, 5.74) is -0.753. The van der Waals surface area contributed by atoms with E-state index in [9.17, 15) is 19.5 Å². The zero-order valence-electron chi connectivity index (χ0n) is 23.7. The van der Waals surface area contributed by atoms with Crippen molar-refractivity contribution in [2.45, 2.75) is 71.0 Å². The number of pyridine rings is 1. The normalized spacial score (nSPS) is 14.7. The Kier molecular flexibility index (Phi) is 8.39. The number of aromatic amines is 1. The van der Waals surface area contributed by atoms with Crippen molar-refractivity contribution in [1.29, 1.82) is 0 Å². The largest absolute Gasteiger partial charge is 0.453 e. The number of H-pyrrole nitrogens is 1. The lowest BCUT2D eigenvalue weighted by Crippen LogP contribution is -2.45. The molecule has 1 saturated carbocycles. The summed E-state index contributed by atoms with van der Waals surface area (Å²) < 4.78 is 23.7. The number of hydrogen-bond acceptors (Lipinski definition) is 8. The number of rotatable bonds is 9. The molecule has 4 N–H and O–H groups in total. The van der Waals surface area contributed by atoms with Gasteiger partial charge >= 0.3 is 5.69 Å². The van der Waals surface area contributed by atoms with Crippen LogP contribution in [0.25, 0.3) is 11.0 Å². The van der Waals surface area contributed by atoms with Gasteiger partial charge in [-0.1, -0.05) is 19.3 Å². The lowest BCUT2D eigenvalue weighted by molar-refractivity contribution is 0.102. The first kappa shape index (κ1) is 29.0. The number of anilines is 2. The Morgan fingerprint density at radius 3 is 2.62 bits per heavy atom. The molecule has 0 aliphatic heterocycles. The molecule has 0 radical (unpaired) electrons. The van der Waals surface area contributed by atoms with Crippen molar-refractivity contribution in [3.8, 4) is 11.5 Å². The topological polar surface area (TPSA) is 156 Å². The van der Waals surface area contributed by atoms with E-state index in [0.29, 0.717) is 29.7 Å². The van der Waals surface area contributed by atoms with Gasteiger partial charge in [-0.15, -0.1) is 0 Å². The van der Waals surface area contributed by atoms with Gasteiger partial charge in [-0.25, -0.2) is 14.2 Å². The summed E-state index contributed by atoms with van der Waals surface area (Å²) in [7, 11) is 0. The number of carbonyl (C=O) groups is 1. The summed E-state index contributed by atoms with van der Waals surface area (Å²) in [6.07, 6.45) is 7.03. The maximum absolute atomic E-state index is 15.2. The second kappa shape index (κ2) is 12.1. The highest BCUT2D eigenvalue weighted by molar-refractivity contribution is 6.03. The molecule has 4 aromatic rings. The van der Waals surface area contributed by atoms with E-state index in [1.54, 1.807) is 26.8 Å². The fourth-order valence-corrected chi connectivity index (χ4v) is 5.15. The predicted molar refractivity (Wildman–Crippen MR) is 156 cm³/mol. The molecule has 1 aliphatic rings. The van der Waals surface area contributed by atoms with E-state index >= 15 is 4.39 Å². The molecule has 0 unspecified atom stereocenters.